The fraction of sp³-hybridized carbons (Fsp3) is 0.727. The van der Waals surface area contributed by atoms with Gasteiger partial charge in [0.05, 0.1) is 0 Å². The Morgan fingerprint density at radius 3 is 2.64 bits per heavy atom. The fourth-order valence-corrected chi connectivity index (χ4v) is 1.62. The predicted octanol–water partition coefficient (Wildman–Crippen LogP) is 3.69. The first-order valence-corrected chi connectivity index (χ1v) is 4.84. The van der Waals surface area contributed by atoms with Crippen LogP contribution in [0.3, 0.4) is 0 Å². The summed E-state index contributed by atoms with van der Waals surface area (Å²) in [6.45, 7) is 2.15. The molecule has 0 aromatic rings. The highest BCUT2D eigenvalue weighted by atomic mass is 14.1. The van der Waals surface area contributed by atoms with E-state index < -0.39 is 0 Å². The molecule has 0 aromatic heterocycles. The molecular weight excluding hydrogens is 132 g/mol. The Bertz CT molecular complexity index is 143. The van der Waals surface area contributed by atoms with E-state index in [1.54, 1.807) is 0 Å². The zero-order valence-corrected chi connectivity index (χ0v) is 7.47. The molecule has 0 nitrogen and oxygen atoms in total. The van der Waals surface area contributed by atoms with Gasteiger partial charge in [0.15, 0.2) is 0 Å². The lowest BCUT2D eigenvalue weighted by atomic mass is 9.89. The topological polar surface area (TPSA) is 0 Å². The maximum absolute atomic E-state index is 3.25. The zero-order chi connectivity index (χ0) is 7.94. The van der Waals surface area contributed by atoms with Crippen LogP contribution in [0.1, 0.15) is 45.4 Å². The van der Waals surface area contributed by atoms with Crippen LogP contribution in [-0.2, 0) is 0 Å². The van der Waals surface area contributed by atoms with Crippen LogP contribution in [0.5, 0.6) is 0 Å². The van der Waals surface area contributed by atoms with Crippen molar-refractivity contribution >= 4 is 0 Å². The van der Waals surface area contributed by atoms with Crippen molar-refractivity contribution in [2.75, 3.05) is 0 Å². The molecular formula is C11H18. The third kappa shape index (κ3) is 3.43. The molecule has 0 N–H and O–H groups in total. The molecule has 0 bridgehead atoms. The van der Waals surface area contributed by atoms with Crippen molar-refractivity contribution in [1.29, 1.82) is 0 Å². The van der Waals surface area contributed by atoms with Gasteiger partial charge in [0.1, 0.15) is 0 Å². The summed E-state index contributed by atoms with van der Waals surface area (Å²) in [5.41, 5.74) is 3.25. The van der Waals surface area contributed by atoms with Crippen molar-refractivity contribution in [1.82, 2.24) is 0 Å². The highest BCUT2D eigenvalue weighted by Crippen LogP contribution is 2.23. The number of hydrogen-bond acceptors (Lipinski definition) is 0. The lowest BCUT2D eigenvalue weighted by Gasteiger charge is -2.16. The second-order valence-electron chi connectivity index (χ2n) is 3.34. The van der Waals surface area contributed by atoms with Crippen LogP contribution in [0.2, 0.25) is 0 Å². The van der Waals surface area contributed by atoms with Gasteiger partial charge in [0.25, 0.3) is 0 Å². The van der Waals surface area contributed by atoms with Crippen molar-refractivity contribution in [2.24, 2.45) is 5.92 Å². The molecule has 0 saturated heterocycles. The van der Waals surface area contributed by atoms with Gasteiger partial charge in [-0.05, 0) is 37.3 Å². The number of allylic oxidation sites excluding steroid dienone is 1. The van der Waals surface area contributed by atoms with E-state index in [0.29, 0.717) is 0 Å². The molecule has 1 saturated carbocycles. The van der Waals surface area contributed by atoms with Crippen molar-refractivity contribution < 1.29 is 0 Å². The molecule has 0 aromatic carbocycles. The first-order chi connectivity index (χ1) is 5.43. The van der Waals surface area contributed by atoms with Crippen LogP contribution in [0, 0.1) is 5.92 Å². The van der Waals surface area contributed by atoms with Crippen LogP contribution in [-0.4, -0.2) is 0 Å². The van der Waals surface area contributed by atoms with Gasteiger partial charge in [0.2, 0.25) is 0 Å². The van der Waals surface area contributed by atoms with Gasteiger partial charge in [-0.3, -0.25) is 0 Å². The molecule has 0 heterocycles. The quantitative estimate of drug-likeness (QED) is 0.527. The third-order valence-electron chi connectivity index (χ3n) is 2.30. The molecule has 62 valence electrons. The standard InChI is InChI=1S/C11H18/c1-2-3-5-8-11-9-6-4-7-10-11/h3,8,11H,2,4,6-7,9-10H2,1H3. The smallest absolute Gasteiger partial charge is 0.0158 e. The predicted molar refractivity (Wildman–Crippen MR) is 49.5 cm³/mol. The van der Waals surface area contributed by atoms with Crippen molar-refractivity contribution in [2.45, 2.75) is 45.4 Å². The average Bonchev–Trinajstić information content (AvgIpc) is 2.07. The highest BCUT2D eigenvalue weighted by molar-refractivity contribution is 4.90. The van der Waals surface area contributed by atoms with E-state index in [-0.39, 0.29) is 0 Å². The molecule has 1 rings (SSSR count). The molecule has 0 atom stereocenters. The SMILES string of the molecule is CCC=C=CC1CCCCC1. The van der Waals surface area contributed by atoms with Crippen molar-refractivity contribution in [3.8, 4) is 0 Å². The molecule has 11 heavy (non-hydrogen) atoms. The summed E-state index contributed by atoms with van der Waals surface area (Å²) in [4.78, 5) is 0. The monoisotopic (exact) mass is 150 g/mol. The second-order valence-corrected chi connectivity index (χ2v) is 3.34. The molecule has 0 aliphatic heterocycles. The molecule has 0 heteroatoms. The van der Waals surface area contributed by atoms with Crippen LogP contribution < -0.4 is 0 Å². The maximum Gasteiger partial charge on any atom is -0.0158 e. The molecule has 1 aliphatic rings. The summed E-state index contributed by atoms with van der Waals surface area (Å²) in [5, 5.41) is 0. The first-order valence-electron chi connectivity index (χ1n) is 4.84. The Labute approximate surface area is 70.0 Å². The lowest BCUT2D eigenvalue weighted by molar-refractivity contribution is 0.419. The van der Waals surface area contributed by atoms with Crippen molar-refractivity contribution in [3.63, 3.8) is 0 Å². The van der Waals surface area contributed by atoms with Crippen molar-refractivity contribution in [3.05, 3.63) is 17.9 Å². The Hall–Kier alpha value is -0.480. The van der Waals surface area contributed by atoms with E-state index in [1.165, 1.54) is 32.1 Å². The zero-order valence-electron chi connectivity index (χ0n) is 7.47. The summed E-state index contributed by atoms with van der Waals surface area (Å²) in [5.74, 6) is 0.839. The molecule has 0 unspecified atom stereocenters. The van der Waals surface area contributed by atoms with Gasteiger partial charge in [-0.2, -0.15) is 0 Å². The molecule has 0 amide bonds. The van der Waals surface area contributed by atoms with Crippen LogP contribution in [0.25, 0.3) is 0 Å². The third-order valence-corrected chi connectivity index (χ3v) is 2.30. The molecule has 1 aliphatic carbocycles. The molecule has 1 fully saturated rings. The maximum atomic E-state index is 3.25. The van der Waals surface area contributed by atoms with E-state index in [9.17, 15) is 0 Å². The average molecular weight is 150 g/mol. The number of hydrogen-bond donors (Lipinski definition) is 0. The fourth-order valence-electron chi connectivity index (χ4n) is 1.62. The van der Waals surface area contributed by atoms with E-state index in [1.807, 2.05) is 0 Å². The van der Waals surface area contributed by atoms with Gasteiger partial charge >= 0.3 is 0 Å². The van der Waals surface area contributed by atoms with Crippen LogP contribution in [0.4, 0.5) is 0 Å². The minimum absolute atomic E-state index is 0.839. The lowest BCUT2D eigenvalue weighted by Crippen LogP contribution is -2.01. The summed E-state index contributed by atoms with van der Waals surface area (Å²) >= 11 is 0. The highest BCUT2D eigenvalue weighted by Gasteiger charge is 2.08. The van der Waals surface area contributed by atoms with Gasteiger partial charge in [0, 0.05) is 0 Å². The normalized spacial score (nSPS) is 19.0. The minimum atomic E-state index is 0.839. The second kappa shape index (κ2) is 5.21. The summed E-state index contributed by atoms with van der Waals surface area (Å²) in [6, 6.07) is 0. The minimum Gasteiger partial charge on any atom is -0.129 e. The molecule has 0 spiro atoms. The van der Waals surface area contributed by atoms with Crippen LogP contribution >= 0.6 is 0 Å². The molecule has 0 radical (unpaired) electrons. The van der Waals surface area contributed by atoms with E-state index in [0.717, 1.165) is 12.3 Å². The Kier molecular flexibility index (Phi) is 4.08. The Balaban J connectivity index is 2.29. The van der Waals surface area contributed by atoms with Gasteiger partial charge in [-0.15, -0.1) is 5.73 Å². The summed E-state index contributed by atoms with van der Waals surface area (Å²) < 4.78 is 0. The van der Waals surface area contributed by atoms with Crippen LogP contribution in [0.15, 0.2) is 17.9 Å². The van der Waals surface area contributed by atoms with Gasteiger partial charge < -0.3 is 0 Å². The number of rotatable bonds is 2. The van der Waals surface area contributed by atoms with Gasteiger partial charge in [-0.25, -0.2) is 0 Å². The summed E-state index contributed by atoms with van der Waals surface area (Å²) in [6.07, 6.45) is 12.6. The van der Waals surface area contributed by atoms with Gasteiger partial charge in [-0.1, -0.05) is 26.2 Å². The Morgan fingerprint density at radius 1 is 1.27 bits per heavy atom. The Morgan fingerprint density at radius 2 is 2.00 bits per heavy atom. The largest absolute Gasteiger partial charge is 0.129 e. The summed E-state index contributed by atoms with van der Waals surface area (Å²) in [7, 11) is 0. The van der Waals surface area contributed by atoms with E-state index in [2.05, 4.69) is 24.8 Å². The first kappa shape index (κ1) is 8.62. The van der Waals surface area contributed by atoms with E-state index in [4.69, 9.17) is 0 Å². The van der Waals surface area contributed by atoms with E-state index >= 15 is 0 Å².